The zero-order chi connectivity index (χ0) is 11.8. The normalized spacial score (nSPS) is 25.5. The molecule has 1 N–H and O–H groups in total. The van der Waals surface area contributed by atoms with Crippen LogP contribution in [0.1, 0.15) is 19.8 Å². The number of methoxy groups -OCH3 is 1. The molecule has 1 fully saturated rings. The fourth-order valence-electron chi connectivity index (χ4n) is 2.18. The smallest absolute Gasteiger partial charge is 0.0707 e. The zero-order valence-corrected chi connectivity index (χ0v) is 10.9. The SMILES string of the molecule is CCN(CCOC)CC1CCC(CNC)O1. The van der Waals surface area contributed by atoms with E-state index in [1.54, 1.807) is 7.11 Å². The van der Waals surface area contributed by atoms with E-state index in [2.05, 4.69) is 17.1 Å². The van der Waals surface area contributed by atoms with Crippen LogP contribution in [0.25, 0.3) is 0 Å². The van der Waals surface area contributed by atoms with E-state index in [9.17, 15) is 0 Å². The fraction of sp³-hybridized carbons (Fsp3) is 1.00. The van der Waals surface area contributed by atoms with E-state index in [4.69, 9.17) is 9.47 Å². The third-order valence-corrected chi connectivity index (χ3v) is 3.15. The molecule has 2 atom stereocenters. The van der Waals surface area contributed by atoms with E-state index >= 15 is 0 Å². The summed E-state index contributed by atoms with van der Waals surface area (Å²) in [6.07, 6.45) is 3.20. The lowest BCUT2D eigenvalue weighted by molar-refractivity contribution is 0.0206. The number of nitrogens with zero attached hydrogens (tertiary/aromatic N) is 1. The molecule has 0 aromatic carbocycles. The quantitative estimate of drug-likeness (QED) is 0.666. The van der Waals surface area contributed by atoms with Crippen LogP contribution in [0.15, 0.2) is 0 Å². The molecule has 16 heavy (non-hydrogen) atoms. The highest BCUT2D eigenvalue weighted by Gasteiger charge is 2.25. The molecule has 0 aliphatic carbocycles. The summed E-state index contributed by atoms with van der Waals surface area (Å²) in [5.41, 5.74) is 0. The first-order chi connectivity index (χ1) is 7.80. The van der Waals surface area contributed by atoms with Gasteiger partial charge in [-0.05, 0) is 26.4 Å². The summed E-state index contributed by atoms with van der Waals surface area (Å²) in [6, 6.07) is 0. The van der Waals surface area contributed by atoms with E-state index in [-0.39, 0.29) is 0 Å². The van der Waals surface area contributed by atoms with Crippen molar-refractivity contribution in [3.05, 3.63) is 0 Å². The van der Waals surface area contributed by atoms with Crippen molar-refractivity contribution in [1.82, 2.24) is 10.2 Å². The van der Waals surface area contributed by atoms with Crippen LogP contribution in [0.5, 0.6) is 0 Å². The van der Waals surface area contributed by atoms with Crippen molar-refractivity contribution >= 4 is 0 Å². The third kappa shape index (κ3) is 4.78. The van der Waals surface area contributed by atoms with Gasteiger partial charge in [-0.2, -0.15) is 0 Å². The number of likely N-dealkylation sites (N-methyl/N-ethyl adjacent to an activating group) is 2. The standard InChI is InChI=1S/C12H26N2O2/c1-4-14(7-8-15-3)10-12-6-5-11(16-12)9-13-2/h11-13H,4-10H2,1-3H3. The Kier molecular flexibility index (Phi) is 6.96. The first-order valence-electron chi connectivity index (χ1n) is 6.31. The first kappa shape index (κ1) is 13.9. The van der Waals surface area contributed by atoms with Crippen molar-refractivity contribution in [3.63, 3.8) is 0 Å². The van der Waals surface area contributed by atoms with Crippen molar-refractivity contribution in [2.45, 2.75) is 32.0 Å². The lowest BCUT2D eigenvalue weighted by Crippen LogP contribution is -2.35. The monoisotopic (exact) mass is 230 g/mol. The molecule has 0 bridgehead atoms. The van der Waals surface area contributed by atoms with Gasteiger partial charge in [0, 0.05) is 26.7 Å². The molecule has 4 nitrogen and oxygen atoms in total. The van der Waals surface area contributed by atoms with E-state index in [1.165, 1.54) is 12.8 Å². The second-order valence-electron chi connectivity index (χ2n) is 4.40. The summed E-state index contributed by atoms with van der Waals surface area (Å²) in [5.74, 6) is 0. The number of ether oxygens (including phenoxy) is 2. The van der Waals surface area contributed by atoms with Crippen molar-refractivity contribution in [1.29, 1.82) is 0 Å². The summed E-state index contributed by atoms with van der Waals surface area (Å²) < 4.78 is 11.1. The first-order valence-corrected chi connectivity index (χ1v) is 6.31. The van der Waals surface area contributed by atoms with Crippen LogP contribution in [0.3, 0.4) is 0 Å². The predicted molar refractivity (Wildman–Crippen MR) is 65.8 cm³/mol. The molecule has 2 unspecified atom stereocenters. The maximum atomic E-state index is 5.97. The summed E-state index contributed by atoms with van der Waals surface area (Å²) in [6.45, 7) is 7.08. The lowest BCUT2D eigenvalue weighted by atomic mass is 10.2. The van der Waals surface area contributed by atoms with Crippen LogP contribution in [0.4, 0.5) is 0 Å². The van der Waals surface area contributed by atoms with E-state index in [0.717, 1.165) is 32.8 Å². The molecule has 0 aromatic heterocycles. The summed E-state index contributed by atoms with van der Waals surface area (Å²) in [4.78, 5) is 2.40. The van der Waals surface area contributed by atoms with Gasteiger partial charge >= 0.3 is 0 Å². The second kappa shape index (κ2) is 8.01. The molecule has 4 heteroatoms. The lowest BCUT2D eigenvalue weighted by Gasteiger charge is -2.23. The minimum Gasteiger partial charge on any atom is -0.383 e. The van der Waals surface area contributed by atoms with Gasteiger partial charge in [0.1, 0.15) is 0 Å². The number of rotatable bonds is 8. The van der Waals surface area contributed by atoms with E-state index in [1.807, 2.05) is 7.05 Å². The average molecular weight is 230 g/mol. The largest absolute Gasteiger partial charge is 0.383 e. The molecule has 1 aliphatic rings. The molecule has 0 saturated carbocycles. The zero-order valence-electron chi connectivity index (χ0n) is 10.9. The number of nitrogens with one attached hydrogen (secondary N) is 1. The van der Waals surface area contributed by atoms with E-state index < -0.39 is 0 Å². The van der Waals surface area contributed by atoms with Crippen LogP contribution in [0.2, 0.25) is 0 Å². The predicted octanol–water partition coefficient (Wildman–Crippen LogP) is 0.722. The maximum absolute atomic E-state index is 5.97. The van der Waals surface area contributed by atoms with Crippen LogP contribution in [-0.4, -0.2) is 64.1 Å². The highest BCUT2D eigenvalue weighted by molar-refractivity contribution is 4.77. The van der Waals surface area contributed by atoms with E-state index in [0.29, 0.717) is 12.2 Å². The Hall–Kier alpha value is -0.160. The van der Waals surface area contributed by atoms with Crippen LogP contribution >= 0.6 is 0 Å². The molecular weight excluding hydrogens is 204 g/mol. The Morgan fingerprint density at radius 2 is 2.12 bits per heavy atom. The molecular formula is C12H26N2O2. The van der Waals surface area contributed by atoms with Crippen molar-refractivity contribution in [3.8, 4) is 0 Å². The Labute approximate surface area is 99.3 Å². The molecule has 0 amide bonds. The minimum absolute atomic E-state index is 0.412. The summed E-state index contributed by atoms with van der Waals surface area (Å²) >= 11 is 0. The van der Waals surface area contributed by atoms with Gasteiger partial charge in [0.05, 0.1) is 18.8 Å². The molecule has 1 aliphatic heterocycles. The maximum Gasteiger partial charge on any atom is 0.0707 e. The second-order valence-corrected chi connectivity index (χ2v) is 4.40. The van der Waals surface area contributed by atoms with Gasteiger partial charge in [0.2, 0.25) is 0 Å². The molecule has 0 spiro atoms. The fourth-order valence-corrected chi connectivity index (χ4v) is 2.18. The van der Waals surface area contributed by atoms with Crippen LogP contribution < -0.4 is 5.32 Å². The van der Waals surface area contributed by atoms with Gasteiger partial charge in [-0.3, -0.25) is 4.90 Å². The molecule has 1 rings (SSSR count). The molecule has 0 aromatic rings. The van der Waals surface area contributed by atoms with Crippen LogP contribution in [0, 0.1) is 0 Å². The highest BCUT2D eigenvalue weighted by atomic mass is 16.5. The Morgan fingerprint density at radius 3 is 2.75 bits per heavy atom. The van der Waals surface area contributed by atoms with Gasteiger partial charge in [-0.25, -0.2) is 0 Å². The summed E-state index contributed by atoms with van der Waals surface area (Å²) in [5, 5.41) is 3.17. The summed E-state index contributed by atoms with van der Waals surface area (Å²) in [7, 11) is 3.73. The van der Waals surface area contributed by atoms with Crippen molar-refractivity contribution < 1.29 is 9.47 Å². The number of hydrogen-bond donors (Lipinski definition) is 1. The van der Waals surface area contributed by atoms with Gasteiger partial charge in [-0.1, -0.05) is 6.92 Å². The third-order valence-electron chi connectivity index (χ3n) is 3.15. The Bertz CT molecular complexity index is 178. The van der Waals surface area contributed by atoms with Gasteiger partial charge in [-0.15, -0.1) is 0 Å². The topological polar surface area (TPSA) is 33.7 Å². The minimum atomic E-state index is 0.412. The highest BCUT2D eigenvalue weighted by Crippen LogP contribution is 2.19. The molecule has 96 valence electrons. The van der Waals surface area contributed by atoms with Crippen LogP contribution in [-0.2, 0) is 9.47 Å². The Morgan fingerprint density at radius 1 is 1.38 bits per heavy atom. The van der Waals surface area contributed by atoms with Gasteiger partial charge in [0.15, 0.2) is 0 Å². The van der Waals surface area contributed by atoms with Crippen molar-refractivity contribution in [2.24, 2.45) is 0 Å². The Balaban J connectivity index is 2.20. The molecule has 0 radical (unpaired) electrons. The molecule has 1 saturated heterocycles. The number of hydrogen-bond acceptors (Lipinski definition) is 4. The molecule has 1 heterocycles. The average Bonchev–Trinajstić information content (AvgIpc) is 2.72. The van der Waals surface area contributed by atoms with Gasteiger partial charge < -0.3 is 14.8 Å². The van der Waals surface area contributed by atoms with Gasteiger partial charge in [0.25, 0.3) is 0 Å². The van der Waals surface area contributed by atoms with Crippen molar-refractivity contribution in [2.75, 3.05) is 46.9 Å².